The standard InChI is InChI=1S/C9H18O4/c1-8(2,11)6-9(3)12-5-7(4-10)13-9/h7,10-11H,4-6H2,1-3H3. The molecule has 1 heterocycles. The van der Waals surface area contributed by atoms with Crippen molar-refractivity contribution in [3.8, 4) is 0 Å². The van der Waals surface area contributed by atoms with Crippen molar-refractivity contribution in [1.29, 1.82) is 0 Å². The van der Waals surface area contributed by atoms with Gasteiger partial charge in [0.15, 0.2) is 5.79 Å². The molecular weight excluding hydrogens is 172 g/mol. The Morgan fingerprint density at radius 2 is 2.15 bits per heavy atom. The van der Waals surface area contributed by atoms with Crippen molar-refractivity contribution in [2.75, 3.05) is 13.2 Å². The molecule has 0 aromatic heterocycles. The van der Waals surface area contributed by atoms with Crippen LogP contribution in [-0.4, -0.2) is 40.9 Å². The molecular formula is C9H18O4. The average molecular weight is 190 g/mol. The molecule has 0 bridgehead atoms. The van der Waals surface area contributed by atoms with Crippen molar-refractivity contribution in [3.63, 3.8) is 0 Å². The van der Waals surface area contributed by atoms with Crippen molar-refractivity contribution >= 4 is 0 Å². The molecule has 13 heavy (non-hydrogen) atoms. The Hall–Kier alpha value is -0.160. The fourth-order valence-corrected chi connectivity index (χ4v) is 1.66. The summed E-state index contributed by atoms with van der Waals surface area (Å²) in [6.07, 6.45) is 0.142. The van der Waals surface area contributed by atoms with Gasteiger partial charge in [-0.25, -0.2) is 0 Å². The molecule has 2 N–H and O–H groups in total. The monoisotopic (exact) mass is 190 g/mol. The predicted octanol–water partition coefficient (Wildman–Crippen LogP) is 0.271. The second kappa shape index (κ2) is 3.53. The maximum Gasteiger partial charge on any atom is 0.168 e. The Balaban J connectivity index is 2.50. The molecule has 0 amide bonds. The summed E-state index contributed by atoms with van der Waals surface area (Å²) < 4.78 is 10.8. The number of rotatable bonds is 3. The summed E-state index contributed by atoms with van der Waals surface area (Å²) in [5, 5.41) is 18.4. The quantitative estimate of drug-likeness (QED) is 0.670. The molecule has 0 aromatic rings. The summed E-state index contributed by atoms with van der Waals surface area (Å²) in [5.74, 6) is -0.758. The van der Waals surface area contributed by atoms with Crippen LogP contribution in [0.4, 0.5) is 0 Å². The zero-order valence-corrected chi connectivity index (χ0v) is 8.41. The molecule has 2 unspecified atom stereocenters. The van der Waals surface area contributed by atoms with Gasteiger partial charge >= 0.3 is 0 Å². The van der Waals surface area contributed by atoms with Crippen LogP contribution >= 0.6 is 0 Å². The molecule has 1 fully saturated rings. The molecule has 1 aliphatic heterocycles. The third-order valence-corrected chi connectivity index (χ3v) is 1.95. The Bertz CT molecular complexity index is 175. The molecule has 0 spiro atoms. The minimum absolute atomic E-state index is 0.0402. The van der Waals surface area contributed by atoms with Crippen LogP contribution in [0.25, 0.3) is 0 Å². The Morgan fingerprint density at radius 1 is 1.54 bits per heavy atom. The number of aliphatic hydroxyl groups excluding tert-OH is 1. The van der Waals surface area contributed by atoms with Gasteiger partial charge in [0.05, 0.1) is 18.8 Å². The highest BCUT2D eigenvalue weighted by molar-refractivity contribution is 4.81. The largest absolute Gasteiger partial charge is 0.394 e. The zero-order chi connectivity index (χ0) is 10.1. The van der Waals surface area contributed by atoms with Gasteiger partial charge in [0.1, 0.15) is 6.10 Å². The summed E-state index contributed by atoms with van der Waals surface area (Å²) in [7, 11) is 0. The highest BCUT2D eigenvalue weighted by atomic mass is 16.7. The van der Waals surface area contributed by atoms with Crippen molar-refractivity contribution < 1.29 is 19.7 Å². The summed E-state index contributed by atoms with van der Waals surface area (Å²) in [6.45, 7) is 5.54. The van der Waals surface area contributed by atoms with Gasteiger partial charge in [-0.15, -0.1) is 0 Å². The van der Waals surface area contributed by atoms with Crippen molar-refractivity contribution in [1.82, 2.24) is 0 Å². The van der Waals surface area contributed by atoms with Gasteiger partial charge in [0.2, 0.25) is 0 Å². The molecule has 0 radical (unpaired) electrons. The van der Waals surface area contributed by atoms with Crippen LogP contribution in [-0.2, 0) is 9.47 Å². The molecule has 0 saturated carbocycles. The van der Waals surface area contributed by atoms with Gasteiger partial charge in [0, 0.05) is 6.42 Å². The lowest BCUT2D eigenvalue weighted by molar-refractivity contribution is -0.187. The lowest BCUT2D eigenvalue weighted by atomic mass is 9.99. The molecule has 1 aliphatic rings. The average Bonchev–Trinajstić information content (AvgIpc) is 2.27. The summed E-state index contributed by atoms with van der Waals surface area (Å²) in [5.41, 5.74) is -0.820. The van der Waals surface area contributed by atoms with Crippen LogP contribution in [0.2, 0.25) is 0 Å². The van der Waals surface area contributed by atoms with Gasteiger partial charge in [0.25, 0.3) is 0 Å². The van der Waals surface area contributed by atoms with Crippen molar-refractivity contribution in [2.45, 2.75) is 44.7 Å². The fraction of sp³-hybridized carbons (Fsp3) is 1.00. The Labute approximate surface area is 78.5 Å². The van der Waals surface area contributed by atoms with Gasteiger partial charge in [-0.05, 0) is 20.8 Å². The van der Waals surface area contributed by atoms with Crippen molar-refractivity contribution in [3.05, 3.63) is 0 Å². The molecule has 2 atom stereocenters. The van der Waals surface area contributed by atoms with Crippen LogP contribution in [0.5, 0.6) is 0 Å². The third-order valence-electron chi connectivity index (χ3n) is 1.95. The smallest absolute Gasteiger partial charge is 0.168 e. The predicted molar refractivity (Wildman–Crippen MR) is 47.2 cm³/mol. The lowest BCUT2D eigenvalue weighted by Crippen LogP contribution is -2.37. The minimum atomic E-state index is -0.820. The topological polar surface area (TPSA) is 58.9 Å². The third kappa shape index (κ3) is 3.23. The van der Waals surface area contributed by atoms with E-state index in [4.69, 9.17) is 14.6 Å². The van der Waals surface area contributed by atoms with E-state index in [0.717, 1.165) is 0 Å². The van der Waals surface area contributed by atoms with E-state index in [1.54, 1.807) is 20.8 Å². The van der Waals surface area contributed by atoms with E-state index in [1.165, 1.54) is 0 Å². The maximum absolute atomic E-state index is 9.58. The van der Waals surface area contributed by atoms with E-state index in [9.17, 15) is 5.11 Å². The number of aliphatic hydroxyl groups is 2. The van der Waals surface area contributed by atoms with E-state index >= 15 is 0 Å². The molecule has 0 aliphatic carbocycles. The second-order valence-corrected chi connectivity index (χ2v) is 4.36. The Morgan fingerprint density at radius 3 is 2.54 bits per heavy atom. The molecule has 78 valence electrons. The van der Waals surface area contributed by atoms with Crippen LogP contribution in [0.1, 0.15) is 27.2 Å². The normalized spacial score (nSPS) is 35.3. The van der Waals surface area contributed by atoms with Gasteiger partial charge < -0.3 is 19.7 Å². The first-order chi connectivity index (χ1) is 5.85. The summed E-state index contributed by atoms with van der Waals surface area (Å²) >= 11 is 0. The number of hydrogen-bond acceptors (Lipinski definition) is 4. The molecule has 4 heteroatoms. The zero-order valence-electron chi connectivity index (χ0n) is 8.41. The Kier molecular flexibility index (Phi) is 2.97. The van der Waals surface area contributed by atoms with Gasteiger partial charge in [-0.2, -0.15) is 0 Å². The maximum atomic E-state index is 9.58. The van der Waals surface area contributed by atoms with E-state index in [1.807, 2.05) is 0 Å². The SMILES string of the molecule is CC(C)(O)CC1(C)OCC(CO)O1. The number of ether oxygens (including phenoxy) is 2. The highest BCUT2D eigenvalue weighted by Crippen LogP contribution is 2.31. The summed E-state index contributed by atoms with van der Waals surface area (Å²) in [4.78, 5) is 0. The fourth-order valence-electron chi connectivity index (χ4n) is 1.66. The minimum Gasteiger partial charge on any atom is -0.394 e. The van der Waals surface area contributed by atoms with Gasteiger partial charge in [-0.3, -0.25) is 0 Å². The van der Waals surface area contributed by atoms with E-state index in [0.29, 0.717) is 13.0 Å². The van der Waals surface area contributed by atoms with E-state index < -0.39 is 11.4 Å². The van der Waals surface area contributed by atoms with Crippen LogP contribution in [0.15, 0.2) is 0 Å². The first-order valence-corrected chi connectivity index (χ1v) is 4.50. The first kappa shape index (κ1) is 10.9. The highest BCUT2D eigenvalue weighted by Gasteiger charge is 2.40. The van der Waals surface area contributed by atoms with Crippen LogP contribution in [0.3, 0.4) is 0 Å². The van der Waals surface area contributed by atoms with E-state index in [-0.39, 0.29) is 12.7 Å². The molecule has 0 aromatic carbocycles. The van der Waals surface area contributed by atoms with E-state index in [2.05, 4.69) is 0 Å². The second-order valence-electron chi connectivity index (χ2n) is 4.36. The van der Waals surface area contributed by atoms with Crippen LogP contribution in [0, 0.1) is 0 Å². The lowest BCUT2D eigenvalue weighted by Gasteiger charge is -2.29. The molecule has 4 nitrogen and oxygen atoms in total. The molecule has 1 rings (SSSR count). The number of hydrogen-bond donors (Lipinski definition) is 2. The first-order valence-electron chi connectivity index (χ1n) is 4.50. The van der Waals surface area contributed by atoms with Crippen molar-refractivity contribution in [2.24, 2.45) is 0 Å². The molecule has 1 saturated heterocycles. The summed E-state index contributed by atoms with van der Waals surface area (Å²) in [6, 6.07) is 0. The van der Waals surface area contributed by atoms with Gasteiger partial charge in [-0.1, -0.05) is 0 Å². The van der Waals surface area contributed by atoms with Crippen LogP contribution < -0.4 is 0 Å².